The summed E-state index contributed by atoms with van der Waals surface area (Å²) in [4.78, 5) is 6.54. The van der Waals surface area contributed by atoms with Crippen molar-refractivity contribution in [3.63, 3.8) is 0 Å². The lowest BCUT2D eigenvalue weighted by molar-refractivity contribution is 0.318. The Bertz CT molecular complexity index is 423. The normalized spacial score (nSPS) is 11.6. The van der Waals surface area contributed by atoms with Crippen LogP contribution in [0.25, 0.3) is 0 Å². The molecule has 18 heavy (non-hydrogen) atoms. The number of amidine groups is 1. The minimum atomic E-state index is 0.110. The van der Waals surface area contributed by atoms with Crippen LogP contribution in [0.15, 0.2) is 17.3 Å². The zero-order chi connectivity index (χ0) is 13.5. The summed E-state index contributed by atoms with van der Waals surface area (Å²) in [6.07, 6.45) is 3.20. The predicted octanol–water partition coefficient (Wildman–Crippen LogP) is 1.67. The van der Waals surface area contributed by atoms with Gasteiger partial charge in [0, 0.05) is 24.8 Å². The Labute approximate surface area is 112 Å². The van der Waals surface area contributed by atoms with Crippen LogP contribution in [0, 0.1) is 6.92 Å². The van der Waals surface area contributed by atoms with Crippen molar-refractivity contribution in [2.75, 3.05) is 30.5 Å². The van der Waals surface area contributed by atoms with Crippen molar-refractivity contribution in [1.29, 1.82) is 0 Å². The van der Waals surface area contributed by atoms with Gasteiger partial charge in [0.05, 0.1) is 0 Å². The number of hydrogen-bond donors (Lipinski definition) is 2. The van der Waals surface area contributed by atoms with Crippen molar-refractivity contribution in [3.8, 4) is 0 Å². The van der Waals surface area contributed by atoms with E-state index in [4.69, 9.17) is 10.9 Å². The highest BCUT2D eigenvalue weighted by molar-refractivity contribution is 7.98. The number of nitrogens with two attached hydrogens (primary N) is 1. The van der Waals surface area contributed by atoms with Gasteiger partial charge in [0.25, 0.3) is 0 Å². The Morgan fingerprint density at radius 2 is 2.28 bits per heavy atom. The maximum Gasteiger partial charge on any atom is 0.170 e. The fourth-order valence-electron chi connectivity index (χ4n) is 1.61. The third kappa shape index (κ3) is 4.10. The Hall–Kier alpha value is -1.43. The molecule has 0 aliphatic carbocycles. The average molecular weight is 268 g/mol. The van der Waals surface area contributed by atoms with E-state index in [2.05, 4.69) is 21.3 Å². The molecule has 0 aliphatic rings. The van der Waals surface area contributed by atoms with Crippen molar-refractivity contribution in [3.05, 3.63) is 23.4 Å². The molecule has 0 bridgehead atoms. The van der Waals surface area contributed by atoms with Gasteiger partial charge in [-0.05, 0) is 37.5 Å². The van der Waals surface area contributed by atoms with E-state index in [0.29, 0.717) is 5.56 Å². The van der Waals surface area contributed by atoms with Crippen molar-refractivity contribution < 1.29 is 5.21 Å². The molecular weight excluding hydrogens is 248 g/mol. The number of aryl methyl sites for hydroxylation is 1. The summed E-state index contributed by atoms with van der Waals surface area (Å²) in [6.45, 7) is 2.83. The molecule has 0 atom stereocenters. The molecule has 0 spiro atoms. The molecule has 0 saturated carbocycles. The van der Waals surface area contributed by atoms with Crippen LogP contribution >= 0.6 is 11.8 Å². The van der Waals surface area contributed by atoms with Crippen LogP contribution in [0.1, 0.15) is 17.7 Å². The molecule has 1 aromatic heterocycles. The van der Waals surface area contributed by atoms with E-state index in [1.165, 1.54) is 0 Å². The number of hydrogen-bond acceptors (Lipinski definition) is 5. The van der Waals surface area contributed by atoms with Gasteiger partial charge >= 0.3 is 0 Å². The quantitative estimate of drug-likeness (QED) is 0.270. The second-order valence-corrected chi connectivity index (χ2v) is 5.09. The van der Waals surface area contributed by atoms with E-state index in [1.54, 1.807) is 6.07 Å². The Balaban J connectivity index is 2.85. The molecule has 6 heteroatoms. The standard InChI is InChI=1S/C12H20N4OS/c1-9-7-10(12(13)15-17)8-11(14-9)16(2)5-4-6-18-3/h7-8,17H,4-6H2,1-3H3,(H2,13,15). The molecule has 0 amide bonds. The molecule has 100 valence electrons. The summed E-state index contributed by atoms with van der Waals surface area (Å²) in [7, 11) is 2.00. The molecular formula is C12H20N4OS. The van der Waals surface area contributed by atoms with Gasteiger partial charge in [0.1, 0.15) is 5.82 Å². The highest BCUT2D eigenvalue weighted by atomic mass is 32.2. The van der Waals surface area contributed by atoms with Crippen LogP contribution in [-0.4, -0.2) is 41.6 Å². The summed E-state index contributed by atoms with van der Waals surface area (Å²) in [6, 6.07) is 3.63. The molecule has 5 nitrogen and oxygen atoms in total. The first-order valence-corrected chi connectivity index (χ1v) is 7.14. The number of anilines is 1. The first kappa shape index (κ1) is 14.6. The predicted molar refractivity (Wildman–Crippen MR) is 77.8 cm³/mol. The van der Waals surface area contributed by atoms with Crippen LogP contribution in [0.4, 0.5) is 5.82 Å². The van der Waals surface area contributed by atoms with Gasteiger partial charge in [-0.3, -0.25) is 0 Å². The SMILES string of the molecule is CSCCCN(C)c1cc(/C(N)=N/O)cc(C)n1. The first-order chi connectivity index (χ1) is 8.58. The smallest absolute Gasteiger partial charge is 0.170 e. The van der Waals surface area contributed by atoms with Crippen LogP contribution < -0.4 is 10.6 Å². The van der Waals surface area contributed by atoms with Crippen molar-refractivity contribution >= 4 is 23.4 Å². The number of thioether (sulfide) groups is 1. The number of nitrogens with zero attached hydrogens (tertiary/aromatic N) is 3. The second kappa shape index (κ2) is 7.10. The van der Waals surface area contributed by atoms with Gasteiger partial charge < -0.3 is 15.8 Å². The molecule has 1 rings (SSSR count). The second-order valence-electron chi connectivity index (χ2n) is 4.11. The molecule has 0 aromatic carbocycles. The molecule has 1 aromatic rings. The number of oxime groups is 1. The Kier molecular flexibility index (Phi) is 5.77. The van der Waals surface area contributed by atoms with Crippen LogP contribution in [0.5, 0.6) is 0 Å². The van der Waals surface area contributed by atoms with Gasteiger partial charge in [-0.25, -0.2) is 4.98 Å². The maximum absolute atomic E-state index is 8.71. The Morgan fingerprint density at radius 1 is 1.56 bits per heavy atom. The zero-order valence-electron chi connectivity index (χ0n) is 11.1. The molecule has 0 fully saturated rings. The highest BCUT2D eigenvalue weighted by Gasteiger charge is 2.07. The van der Waals surface area contributed by atoms with Crippen LogP contribution in [0.2, 0.25) is 0 Å². The van der Waals surface area contributed by atoms with E-state index in [1.807, 2.05) is 31.8 Å². The number of pyridine rings is 1. The molecule has 0 unspecified atom stereocenters. The van der Waals surface area contributed by atoms with Crippen LogP contribution in [-0.2, 0) is 0 Å². The summed E-state index contributed by atoms with van der Waals surface area (Å²) in [5, 5.41) is 11.7. The lowest BCUT2D eigenvalue weighted by atomic mass is 10.2. The van der Waals surface area contributed by atoms with E-state index < -0.39 is 0 Å². The third-order valence-electron chi connectivity index (χ3n) is 2.58. The van der Waals surface area contributed by atoms with E-state index in [9.17, 15) is 0 Å². The average Bonchev–Trinajstić information content (AvgIpc) is 2.37. The van der Waals surface area contributed by atoms with E-state index >= 15 is 0 Å². The summed E-state index contributed by atoms with van der Waals surface area (Å²) in [5.74, 6) is 2.08. The van der Waals surface area contributed by atoms with Crippen molar-refractivity contribution in [1.82, 2.24) is 4.98 Å². The zero-order valence-corrected chi connectivity index (χ0v) is 11.9. The Morgan fingerprint density at radius 3 is 2.89 bits per heavy atom. The summed E-state index contributed by atoms with van der Waals surface area (Å²) < 4.78 is 0. The van der Waals surface area contributed by atoms with Gasteiger partial charge in [-0.1, -0.05) is 5.16 Å². The molecule has 1 heterocycles. The maximum atomic E-state index is 8.71. The fourth-order valence-corrected chi connectivity index (χ4v) is 2.03. The topological polar surface area (TPSA) is 74.7 Å². The first-order valence-electron chi connectivity index (χ1n) is 5.75. The molecule has 0 saturated heterocycles. The third-order valence-corrected chi connectivity index (χ3v) is 3.27. The largest absolute Gasteiger partial charge is 0.409 e. The van der Waals surface area contributed by atoms with E-state index in [-0.39, 0.29) is 5.84 Å². The monoisotopic (exact) mass is 268 g/mol. The van der Waals surface area contributed by atoms with E-state index in [0.717, 1.165) is 30.2 Å². The van der Waals surface area contributed by atoms with Gasteiger partial charge in [0.2, 0.25) is 0 Å². The summed E-state index contributed by atoms with van der Waals surface area (Å²) >= 11 is 1.83. The number of aromatic nitrogens is 1. The minimum Gasteiger partial charge on any atom is -0.409 e. The summed E-state index contributed by atoms with van der Waals surface area (Å²) in [5.41, 5.74) is 7.15. The van der Waals surface area contributed by atoms with Crippen LogP contribution in [0.3, 0.4) is 0 Å². The van der Waals surface area contributed by atoms with Crippen molar-refractivity contribution in [2.45, 2.75) is 13.3 Å². The molecule has 0 aliphatic heterocycles. The molecule has 0 radical (unpaired) electrons. The van der Waals surface area contributed by atoms with Gasteiger partial charge in [0.15, 0.2) is 5.84 Å². The molecule has 3 N–H and O–H groups in total. The lowest BCUT2D eigenvalue weighted by Crippen LogP contribution is -2.22. The van der Waals surface area contributed by atoms with Gasteiger partial charge in [-0.15, -0.1) is 0 Å². The van der Waals surface area contributed by atoms with Gasteiger partial charge in [-0.2, -0.15) is 11.8 Å². The number of rotatable bonds is 6. The fraction of sp³-hybridized carbons (Fsp3) is 0.500. The van der Waals surface area contributed by atoms with Crippen molar-refractivity contribution in [2.24, 2.45) is 10.9 Å². The highest BCUT2D eigenvalue weighted by Crippen LogP contribution is 2.14. The lowest BCUT2D eigenvalue weighted by Gasteiger charge is -2.19. The minimum absolute atomic E-state index is 0.110.